The molecule has 1 saturated heterocycles. The van der Waals surface area contributed by atoms with Crippen LogP contribution in [-0.4, -0.2) is 28.3 Å². The molecule has 5 nitrogen and oxygen atoms in total. The fourth-order valence-electron chi connectivity index (χ4n) is 1.75. The highest BCUT2D eigenvalue weighted by atomic mass is 32.1. The van der Waals surface area contributed by atoms with Gasteiger partial charge in [-0.05, 0) is 12.8 Å². The number of nitrogens with zero attached hydrogens (tertiary/aromatic N) is 4. The van der Waals surface area contributed by atoms with E-state index in [0.29, 0.717) is 5.13 Å². The van der Waals surface area contributed by atoms with Gasteiger partial charge in [-0.25, -0.2) is 4.98 Å². The number of hydrogen-bond acceptors (Lipinski definition) is 7. The van der Waals surface area contributed by atoms with Crippen LogP contribution in [-0.2, 0) is 0 Å². The van der Waals surface area contributed by atoms with Crippen molar-refractivity contribution in [3.8, 4) is 9.88 Å². The molecule has 2 aromatic rings. The van der Waals surface area contributed by atoms with Crippen LogP contribution in [0.4, 0.5) is 10.3 Å². The number of thiazole rings is 1. The van der Waals surface area contributed by atoms with Gasteiger partial charge < -0.3 is 10.6 Å². The van der Waals surface area contributed by atoms with E-state index in [0.717, 1.165) is 28.1 Å². The van der Waals surface area contributed by atoms with Crippen molar-refractivity contribution in [3.05, 3.63) is 6.20 Å². The highest BCUT2D eigenvalue weighted by Crippen LogP contribution is 2.34. The summed E-state index contributed by atoms with van der Waals surface area (Å²) in [5.74, 6) is 0. The maximum Gasteiger partial charge on any atom is 0.203 e. The summed E-state index contributed by atoms with van der Waals surface area (Å²) in [7, 11) is 0. The summed E-state index contributed by atoms with van der Waals surface area (Å²) >= 11 is 3.07. The molecule has 7 heteroatoms. The van der Waals surface area contributed by atoms with E-state index in [1.807, 2.05) is 6.20 Å². The highest BCUT2D eigenvalue weighted by Gasteiger charge is 2.17. The van der Waals surface area contributed by atoms with Gasteiger partial charge in [0, 0.05) is 13.1 Å². The molecule has 2 N–H and O–H groups in total. The van der Waals surface area contributed by atoms with Gasteiger partial charge in [0.25, 0.3) is 0 Å². The van der Waals surface area contributed by atoms with Crippen LogP contribution >= 0.6 is 22.7 Å². The van der Waals surface area contributed by atoms with Crippen LogP contribution in [0.5, 0.6) is 0 Å². The molecule has 3 heterocycles. The molecule has 3 rings (SSSR count). The zero-order valence-corrected chi connectivity index (χ0v) is 10.2. The molecule has 1 aliphatic heterocycles. The van der Waals surface area contributed by atoms with Crippen LogP contribution in [0.25, 0.3) is 9.88 Å². The van der Waals surface area contributed by atoms with Crippen molar-refractivity contribution in [2.75, 3.05) is 23.7 Å². The number of anilines is 2. The molecule has 2 aromatic heterocycles. The van der Waals surface area contributed by atoms with Gasteiger partial charge in [0.1, 0.15) is 0 Å². The van der Waals surface area contributed by atoms with Crippen molar-refractivity contribution in [3.63, 3.8) is 0 Å². The Morgan fingerprint density at radius 1 is 1.19 bits per heavy atom. The summed E-state index contributed by atoms with van der Waals surface area (Å²) in [6.45, 7) is 2.23. The van der Waals surface area contributed by atoms with E-state index in [-0.39, 0.29) is 0 Å². The van der Waals surface area contributed by atoms with Crippen molar-refractivity contribution < 1.29 is 0 Å². The zero-order valence-electron chi connectivity index (χ0n) is 8.59. The molecule has 0 radical (unpaired) electrons. The molecule has 0 unspecified atom stereocenters. The van der Waals surface area contributed by atoms with E-state index in [1.54, 1.807) is 11.3 Å². The van der Waals surface area contributed by atoms with Gasteiger partial charge in [0.15, 0.2) is 10.1 Å². The Bertz CT molecular complexity index is 486. The Labute approximate surface area is 101 Å². The topological polar surface area (TPSA) is 67.9 Å². The lowest BCUT2D eigenvalue weighted by atomic mass is 10.4. The SMILES string of the molecule is Nc1nnc(-c2cnc(N3CCCC3)s2)s1. The van der Waals surface area contributed by atoms with Gasteiger partial charge >= 0.3 is 0 Å². The van der Waals surface area contributed by atoms with E-state index in [4.69, 9.17) is 5.73 Å². The van der Waals surface area contributed by atoms with Crippen LogP contribution in [0, 0.1) is 0 Å². The molecule has 0 aromatic carbocycles. The first kappa shape index (κ1) is 9.98. The van der Waals surface area contributed by atoms with Gasteiger partial charge in [-0.1, -0.05) is 22.7 Å². The van der Waals surface area contributed by atoms with Crippen molar-refractivity contribution in [2.24, 2.45) is 0 Å². The predicted octanol–water partition coefficient (Wildman–Crippen LogP) is 1.84. The molecule has 0 aliphatic carbocycles. The second-order valence-electron chi connectivity index (χ2n) is 3.65. The molecule has 0 bridgehead atoms. The van der Waals surface area contributed by atoms with E-state index >= 15 is 0 Å². The third-order valence-electron chi connectivity index (χ3n) is 2.52. The van der Waals surface area contributed by atoms with Gasteiger partial charge in [-0.2, -0.15) is 0 Å². The lowest BCUT2D eigenvalue weighted by Gasteiger charge is -2.11. The monoisotopic (exact) mass is 253 g/mol. The molecule has 1 fully saturated rings. The number of nitrogens with two attached hydrogens (primary N) is 1. The third-order valence-corrected chi connectivity index (χ3v) is 4.50. The first-order chi connectivity index (χ1) is 7.83. The second kappa shape index (κ2) is 3.99. The largest absolute Gasteiger partial charge is 0.374 e. The molecule has 84 valence electrons. The second-order valence-corrected chi connectivity index (χ2v) is 5.66. The molecule has 16 heavy (non-hydrogen) atoms. The Hall–Kier alpha value is -1.21. The minimum atomic E-state index is 0.506. The standard InChI is InChI=1S/C9H11N5S2/c10-8-13-12-7(16-8)6-5-11-9(15-6)14-3-1-2-4-14/h5H,1-4H2,(H2,10,13). The minimum absolute atomic E-state index is 0.506. The fraction of sp³-hybridized carbons (Fsp3) is 0.444. The van der Waals surface area contributed by atoms with Crippen molar-refractivity contribution in [1.29, 1.82) is 0 Å². The average molecular weight is 253 g/mol. The smallest absolute Gasteiger partial charge is 0.203 e. The maximum atomic E-state index is 5.56. The molecular formula is C9H11N5S2. The summed E-state index contributed by atoms with van der Waals surface area (Å²) in [6.07, 6.45) is 4.39. The average Bonchev–Trinajstić information content (AvgIpc) is 2.97. The number of hydrogen-bond donors (Lipinski definition) is 1. The summed E-state index contributed by atoms with van der Waals surface area (Å²) in [5.41, 5.74) is 5.56. The lowest BCUT2D eigenvalue weighted by Crippen LogP contribution is -2.16. The van der Waals surface area contributed by atoms with Gasteiger partial charge in [-0.15, -0.1) is 10.2 Å². The normalized spacial score (nSPS) is 15.9. The fourth-order valence-corrected chi connectivity index (χ4v) is 3.36. The molecule has 0 saturated carbocycles. The molecule has 1 aliphatic rings. The summed E-state index contributed by atoms with van der Waals surface area (Å²) in [4.78, 5) is 7.80. The first-order valence-electron chi connectivity index (χ1n) is 5.13. The summed E-state index contributed by atoms with van der Waals surface area (Å²) in [6, 6.07) is 0. The Balaban J connectivity index is 1.87. The quantitative estimate of drug-likeness (QED) is 0.884. The highest BCUT2D eigenvalue weighted by molar-refractivity contribution is 7.24. The predicted molar refractivity (Wildman–Crippen MR) is 66.9 cm³/mol. The summed E-state index contributed by atoms with van der Waals surface area (Å²) in [5, 5.41) is 10.3. The number of nitrogen functional groups attached to an aromatic ring is 1. The van der Waals surface area contributed by atoms with Crippen LogP contribution in [0.1, 0.15) is 12.8 Å². The molecule has 0 amide bonds. The van der Waals surface area contributed by atoms with Crippen LogP contribution in [0.2, 0.25) is 0 Å². The van der Waals surface area contributed by atoms with Gasteiger partial charge in [0.2, 0.25) is 5.13 Å². The van der Waals surface area contributed by atoms with Crippen molar-refractivity contribution >= 4 is 32.9 Å². The van der Waals surface area contributed by atoms with Crippen molar-refractivity contribution in [1.82, 2.24) is 15.2 Å². The molecule has 0 spiro atoms. The maximum absolute atomic E-state index is 5.56. The first-order valence-corrected chi connectivity index (χ1v) is 6.76. The zero-order chi connectivity index (χ0) is 11.0. The van der Waals surface area contributed by atoms with Gasteiger partial charge in [0.05, 0.1) is 11.1 Å². The Morgan fingerprint density at radius 2 is 2.00 bits per heavy atom. The van der Waals surface area contributed by atoms with E-state index in [1.165, 1.54) is 24.2 Å². The Morgan fingerprint density at radius 3 is 2.69 bits per heavy atom. The lowest BCUT2D eigenvalue weighted by molar-refractivity contribution is 0.949. The van der Waals surface area contributed by atoms with Crippen molar-refractivity contribution in [2.45, 2.75) is 12.8 Å². The molecule has 0 atom stereocenters. The number of rotatable bonds is 2. The van der Waals surface area contributed by atoms with Crippen LogP contribution in [0.15, 0.2) is 6.20 Å². The van der Waals surface area contributed by atoms with Crippen LogP contribution < -0.4 is 10.6 Å². The minimum Gasteiger partial charge on any atom is -0.374 e. The van der Waals surface area contributed by atoms with E-state index < -0.39 is 0 Å². The van der Waals surface area contributed by atoms with Crippen LogP contribution in [0.3, 0.4) is 0 Å². The summed E-state index contributed by atoms with van der Waals surface area (Å²) < 4.78 is 0. The van der Waals surface area contributed by atoms with Gasteiger partial charge in [-0.3, -0.25) is 0 Å². The third kappa shape index (κ3) is 1.76. The van der Waals surface area contributed by atoms with E-state index in [2.05, 4.69) is 20.1 Å². The van der Waals surface area contributed by atoms with E-state index in [9.17, 15) is 0 Å². The molecular weight excluding hydrogens is 242 g/mol. The number of aromatic nitrogens is 3. The Kier molecular flexibility index (Phi) is 2.49.